The van der Waals surface area contributed by atoms with Crippen molar-refractivity contribution in [3.8, 4) is 17.1 Å². The highest BCUT2D eigenvalue weighted by Crippen LogP contribution is 2.36. The SMILES string of the molecule is CC(COCCCO)Oc1ccc2c(c1)c(-c1cc(N3CCCC3)nc(S(C)(=O)=O)n1)nn2C1CCCCO1. The first kappa shape index (κ1) is 27.8. The third-order valence-corrected chi connectivity index (χ3v) is 7.79. The van der Waals surface area contributed by atoms with Crippen LogP contribution in [0.4, 0.5) is 5.82 Å². The van der Waals surface area contributed by atoms with Gasteiger partial charge in [0.2, 0.25) is 15.0 Å². The van der Waals surface area contributed by atoms with Crippen molar-refractivity contribution in [2.24, 2.45) is 0 Å². The van der Waals surface area contributed by atoms with Gasteiger partial charge in [0.15, 0.2) is 6.23 Å². The van der Waals surface area contributed by atoms with Crippen molar-refractivity contribution in [3.63, 3.8) is 0 Å². The molecule has 0 saturated carbocycles. The molecule has 12 heteroatoms. The zero-order chi connectivity index (χ0) is 27.4. The van der Waals surface area contributed by atoms with Crippen molar-refractivity contribution in [3.05, 3.63) is 24.3 Å². The summed E-state index contributed by atoms with van der Waals surface area (Å²) in [4.78, 5) is 11.0. The molecule has 2 aromatic heterocycles. The first-order chi connectivity index (χ1) is 18.8. The minimum absolute atomic E-state index is 0.0902. The molecule has 1 N–H and O–H groups in total. The van der Waals surface area contributed by atoms with E-state index < -0.39 is 9.84 Å². The Morgan fingerprint density at radius 1 is 1.15 bits per heavy atom. The van der Waals surface area contributed by atoms with Crippen LogP contribution in [0.5, 0.6) is 5.75 Å². The third-order valence-electron chi connectivity index (χ3n) is 6.94. The lowest BCUT2D eigenvalue weighted by Crippen LogP contribution is -2.21. The second-order valence-electron chi connectivity index (χ2n) is 10.2. The molecule has 1 aromatic carbocycles. The maximum Gasteiger partial charge on any atom is 0.249 e. The number of rotatable bonds is 11. The van der Waals surface area contributed by atoms with E-state index in [0.29, 0.717) is 49.2 Å². The van der Waals surface area contributed by atoms with Gasteiger partial charge in [-0.15, -0.1) is 0 Å². The Bertz CT molecular complexity index is 1380. The normalized spacial score (nSPS) is 19.1. The largest absolute Gasteiger partial charge is 0.488 e. The number of anilines is 1. The molecule has 2 unspecified atom stereocenters. The Labute approximate surface area is 229 Å². The molecule has 2 aliphatic heterocycles. The molecule has 0 aliphatic carbocycles. The highest BCUT2D eigenvalue weighted by molar-refractivity contribution is 7.90. The van der Waals surface area contributed by atoms with Crippen molar-refractivity contribution in [1.29, 1.82) is 0 Å². The predicted octanol–water partition coefficient (Wildman–Crippen LogP) is 3.36. The fourth-order valence-electron chi connectivity index (χ4n) is 5.01. The highest BCUT2D eigenvalue weighted by atomic mass is 32.2. The molecule has 2 saturated heterocycles. The van der Waals surface area contributed by atoms with E-state index in [1.165, 1.54) is 0 Å². The number of aromatic nitrogens is 4. The summed E-state index contributed by atoms with van der Waals surface area (Å²) in [7, 11) is -3.65. The van der Waals surface area contributed by atoms with Crippen LogP contribution in [0.15, 0.2) is 29.4 Å². The number of aliphatic hydroxyl groups excluding tert-OH is 1. The van der Waals surface area contributed by atoms with Gasteiger partial charge in [-0.05, 0) is 63.6 Å². The Balaban J connectivity index is 1.57. The van der Waals surface area contributed by atoms with Crippen molar-refractivity contribution in [2.75, 3.05) is 50.7 Å². The topological polar surface area (TPSA) is 129 Å². The highest BCUT2D eigenvalue weighted by Gasteiger charge is 2.26. The Hall–Kier alpha value is -2.80. The average molecular weight is 560 g/mol. The monoisotopic (exact) mass is 559 g/mol. The van der Waals surface area contributed by atoms with Crippen molar-refractivity contribution < 1.29 is 27.7 Å². The van der Waals surface area contributed by atoms with E-state index in [1.807, 2.05) is 35.9 Å². The van der Waals surface area contributed by atoms with E-state index in [2.05, 4.69) is 14.9 Å². The Morgan fingerprint density at radius 3 is 2.69 bits per heavy atom. The molecule has 0 radical (unpaired) electrons. The van der Waals surface area contributed by atoms with Gasteiger partial charge in [0, 0.05) is 50.6 Å². The van der Waals surface area contributed by atoms with Gasteiger partial charge in [-0.25, -0.2) is 23.1 Å². The zero-order valence-electron chi connectivity index (χ0n) is 22.6. The van der Waals surface area contributed by atoms with Gasteiger partial charge in [0.05, 0.1) is 17.8 Å². The first-order valence-corrected chi connectivity index (χ1v) is 15.6. The summed E-state index contributed by atoms with van der Waals surface area (Å²) in [6, 6.07) is 7.60. The molecule has 5 rings (SSSR count). The van der Waals surface area contributed by atoms with Crippen LogP contribution in [0.2, 0.25) is 0 Å². The van der Waals surface area contributed by atoms with Crippen LogP contribution in [0, 0.1) is 0 Å². The van der Waals surface area contributed by atoms with Gasteiger partial charge in [-0.1, -0.05) is 0 Å². The smallest absolute Gasteiger partial charge is 0.249 e. The van der Waals surface area contributed by atoms with Crippen LogP contribution in [0.1, 0.15) is 51.7 Å². The molecule has 0 amide bonds. The minimum Gasteiger partial charge on any atom is -0.488 e. The average Bonchev–Trinajstić information content (AvgIpc) is 3.60. The van der Waals surface area contributed by atoms with Crippen molar-refractivity contribution in [1.82, 2.24) is 19.7 Å². The number of hydrogen-bond donors (Lipinski definition) is 1. The van der Waals surface area contributed by atoms with Crippen LogP contribution >= 0.6 is 0 Å². The van der Waals surface area contributed by atoms with Gasteiger partial charge in [-0.2, -0.15) is 5.10 Å². The van der Waals surface area contributed by atoms with E-state index in [0.717, 1.165) is 62.4 Å². The molecule has 4 heterocycles. The van der Waals surface area contributed by atoms with Crippen LogP contribution in [0.25, 0.3) is 22.3 Å². The Kier molecular flexibility index (Phi) is 8.65. The number of aliphatic hydroxyl groups is 1. The van der Waals surface area contributed by atoms with E-state index in [-0.39, 0.29) is 24.1 Å². The fraction of sp³-hybridized carbons (Fsp3) is 0.593. The second-order valence-corrected chi connectivity index (χ2v) is 12.1. The van der Waals surface area contributed by atoms with Crippen molar-refractivity contribution in [2.45, 2.75) is 62.9 Å². The maximum atomic E-state index is 12.6. The lowest BCUT2D eigenvalue weighted by atomic mass is 10.1. The number of hydrogen-bond acceptors (Lipinski definition) is 10. The lowest BCUT2D eigenvalue weighted by molar-refractivity contribution is -0.0365. The number of sulfone groups is 1. The second kappa shape index (κ2) is 12.2. The Morgan fingerprint density at radius 2 is 1.97 bits per heavy atom. The molecule has 11 nitrogen and oxygen atoms in total. The molecule has 0 bridgehead atoms. The van der Waals surface area contributed by atoms with Gasteiger partial charge in [-0.3, -0.25) is 0 Å². The van der Waals surface area contributed by atoms with Gasteiger partial charge in [0.25, 0.3) is 0 Å². The standard InChI is InChI=1S/C27H37N5O6S/c1-19(18-36-14-7-13-33)38-20-9-10-23-21(16-20)26(30-32(23)25-8-3-6-15-37-25)22-17-24(31-11-4-5-12-31)29-27(28-22)39(2,34)35/h9-10,16-17,19,25,33H,3-8,11-15,18H2,1-2H3. The van der Waals surface area contributed by atoms with Gasteiger partial charge in [0.1, 0.15) is 23.4 Å². The maximum absolute atomic E-state index is 12.6. The quantitative estimate of drug-likeness (QED) is 0.276. The van der Waals surface area contributed by atoms with E-state index >= 15 is 0 Å². The van der Waals surface area contributed by atoms with E-state index in [1.54, 1.807) is 0 Å². The molecular formula is C27H37N5O6S. The molecule has 3 aromatic rings. The third kappa shape index (κ3) is 6.51. The summed E-state index contributed by atoms with van der Waals surface area (Å²) < 4.78 is 44.8. The summed E-state index contributed by atoms with van der Waals surface area (Å²) in [5, 5.41) is 14.5. The van der Waals surface area contributed by atoms with Crippen LogP contribution in [-0.4, -0.2) is 85.1 Å². The predicted molar refractivity (Wildman–Crippen MR) is 147 cm³/mol. The molecule has 212 valence electrons. The minimum atomic E-state index is -3.65. The van der Waals surface area contributed by atoms with Crippen molar-refractivity contribution >= 4 is 26.6 Å². The van der Waals surface area contributed by atoms with E-state index in [9.17, 15) is 8.42 Å². The van der Waals surface area contributed by atoms with Gasteiger partial charge < -0.3 is 24.2 Å². The van der Waals surface area contributed by atoms with Crippen LogP contribution in [-0.2, 0) is 19.3 Å². The van der Waals surface area contributed by atoms with E-state index in [4.69, 9.17) is 24.4 Å². The summed E-state index contributed by atoms with van der Waals surface area (Å²) in [5.41, 5.74) is 1.87. The summed E-state index contributed by atoms with van der Waals surface area (Å²) in [6.45, 7) is 5.19. The summed E-state index contributed by atoms with van der Waals surface area (Å²) >= 11 is 0. The summed E-state index contributed by atoms with van der Waals surface area (Å²) in [5.74, 6) is 1.24. The lowest BCUT2D eigenvalue weighted by Gasteiger charge is -2.23. The molecule has 2 atom stereocenters. The number of fused-ring (bicyclic) bond motifs is 1. The molecule has 2 aliphatic rings. The van der Waals surface area contributed by atoms with Crippen LogP contribution in [0.3, 0.4) is 0 Å². The molecule has 0 spiro atoms. The number of ether oxygens (including phenoxy) is 3. The molecular weight excluding hydrogens is 522 g/mol. The van der Waals surface area contributed by atoms with Gasteiger partial charge >= 0.3 is 0 Å². The first-order valence-electron chi connectivity index (χ1n) is 13.7. The van der Waals surface area contributed by atoms with Crippen LogP contribution < -0.4 is 9.64 Å². The molecule has 2 fully saturated rings. The number of nitrogens with zero attached hydrogens (tertiary/aromatic N) is 5. The molecule has 39 heavy (non-hydrogen) atoms. The zero-order valence-corrected chi connectivity index (χ0v) is 23.4. The summed E-state index contributed by atoms with van der Waals surface area (Å²) in [6.07, 6.45) is 6.26. The fourth-order valence-corrected chi connectivity index (χ4v) is 5.53. The number of benzene rings is 1.